The number of carbonyl (C=O) groups excluding carboxylic acids is 1. The average molecular weight is 414 g/mol. The Bertz CT molecular complexity index is 744. The van der Waals surface area contributed by atoms with Gasteiger partial charge in [0.25, 0.3) is 0 Å². The van der Waals surface area contributed by atoms with Gasteiger partial charge < -0.3 is 9.74 Å². The van der Waals surface area contributed by atoms with E-state index in [0.717, 1.165) is 24.8 Å². The molecule has 4 heteroatoms. The highest BCUT2D eigenvalue weighted by atomic mass is 28.4. The Hall–Kier alpha value is -1.65. The summed E-state index contributed by atoms with van der Waals surface area (Å²) in [6.07, 6.45) is 7.78. The normalized spacial score (nSPS) is 17.2. The summed E-state index contributed by atoms with van der Waals surface area (Å²) < 4.78 is 6.76. The molecule has 0 fully saturated rings. The third-order valence-corrected chi connectivity index (χ3v) is 10.8. The minimum absolute atomic E-state index is 0.0819. The van der Waals surface area contributed by atoms with Crippen LogP contribution in [0.3, 0.4) is 0 Å². The van der Waals surface area contributed by atoms with Crippen LogP contribution >= 0.6 is 0 Å². The zero-order chi connectivity index (χ0) is 21.7. The van der Waals surface area contributed by atoms with E-state index in [1.807, 2.05) is 18.2 Å². The SMILES string of the molecule is CC1=CCC(CCC(=O)N[C@@H](C)[C@H](O[Si](C)(C)C(C)(C)C)c2ccccc2)=CC1. The van der Waals surface area contributed by atoms with Gasteiger partial charge in [-0.15, -0.1) is 0 Å². The lowest BCUT2D eigenvalue weighted by Crippen LogP contribution is -2.47. The van der Waals surface area contributed by atoms with Gasteiger partial charge in [-0.3, -0.25) is 4.79 Å². The van der Waals surface area contributed by atoms with E-state index >= 15 is 0 Å². The molecule has 1 N–H and O–H groups in total. The van der Waals surface area contributed by atoms with Gasteiger partial charge in [-0.2, -0.15) is 0 Å². The molecule has 160 valence electrons. The molecule has 1 aliphatic rings. The number of amides is 1. The second-order valence-corrected chi connectivity index (χ2v) is 14.6. The van der Waals surface area contributed by atoms with Crippen molar-refractivity contribution in [3.63, 3.8) is 0 Å². The van der Waals surface area contributed by atoms with Crippen LogP contribution in [0.25, 0.3) is 0 Å². The van der Waals surface area contributed by atoms with Gasteiger partial charge >= 0.3 is 0 Å². The topological polar surface area (TPSA) is 38.3 Å². The number of rotatable bonds is 8. The van der Waals surface area contributed by atoms with E-state index in [1.165, 1.54) is 11.1 Å². The fourth-order valence-electron chi connectivity index (χ4n) is 3.25. The van der Waals surface area contributed by atoms with Crippen molar-refractivity contribution in [3.05, 3.63) is 59.2 Å². The molecule has 1 amide bonds. The van der Waals surface area contributed by atoms with E-state index in [-0.39, 0.29) is 23.1 Å². The number of hydrogen-bond donors (Lipinski definition) is 1. The van der Waals surface area contributed by atoms with Crippen molar-refractivity contribution in [3.8, 4) is 0 Å². The van der Waals surface area contributed by atoms with E-state index in [4.69, 9.17) is 4.43 Å². The fourth-order valence-corrected chi connectivity index (χ4v) is 4.58. The quantitative estimate of drug-likeness (QED) is 0.380. The van der Waals surface area contributed by atoms with Crippen LogP contribution in [0, 0.1) is 0 Å². The van der Waals surface area contributed by atoms with Crippen LogP contribution in [0.15, 0.2) is 53.6 Å². The third-order valence-electron chi connectivity index (χ3n) is 6.30. The number of hydrogen-bond acceptors (Lipinski definition) is 2. The van der Waals surface area contributed by atoms with E-state index in [0.29, 0.717) is 6.42 Å². The maximum atomic E-state index is 12.7. The van der Waals surface area contributed by atoms with Crippen molar-refractivity contribution < 1.29 is 9.22 Å². The van der Waals surface area contributed by atoms with Gasteiger partial charge in [-0.25, -0.2) is 0 Å². The first kappa shape index (κ1) is 23.6. The molecule has 1 aromatic carbocycles. The Morgan fingerprint density at radius 2 is 1.79 bits per heavy atom. The predicted octanol–water partition coefficient (Wildman–Crippen LogP) is 6.70. The first-order chi connectivity index (χ1) is 13.5. The molecule has 0 aromatic heterocycles. The lowest BCUT2D eigenvalue weighted by atomic mass is 9.97. The van der Waals surface area contributed by atoms with E-state index < -0.39 is 8.32 Å². The van der Waals surface area contributed by atoms with Gasteiger partial charge in [0.05, 0.1) is 12.1 Å². The molecule has 0 unspecified atom stereocenters. The first-order valence-electron chi connectivity index (χ1n) is 10.9. The maximum absolute atomic E-state index is 12.7. The lowest BCUT2D eigenvalue weighted by Gasteiger charge is -2.41. The largest absolute Gasteiger partial charge is 0.408 e. The van der Waals surface area contributed by atoms with Crippen molar-refractivity contribution in [2.45, 2.75) is 90.6 Å². The summed E-state index contributed by atoms with van der Waals surface area (Å²) >= 11 is 0. The molecule has 29 heavy (non-hydrogen) atoms. The minimum Gasteiger partial charge on any atom is -0.408 e. The summed E-state index contributed by atoms with van der Waals surface area (Å²) in [6, 6.07) is 10.2. The zero-order valence-corrected chi connectivity index (χ0v) is 20.3. The maximum Gasteiger partial charge on any atom is 0.220 e. The van der Waals surface area contributed by atoms with Crippen LogP contribution in [-0.4, -0.2) is 20.3 Å². The van der Waals surface area contributed by atoms with Crippen molar-refractivity contribution in [1.82, 2.24) is 5.32 Å². The third kappa shape index (κ3) is 6.97. The Balaban J connectivity index is 2.03. The highest BCUT2D eigenvalue weighted by molar-refractivity contribution is 6.74. The van der Waals surface area contributed by atoms with Crippen LogP contribution in [-0.2, 0) is 9.22 Å². The highest BCUT2D eigenvalue weighted by Crippen LogP contribution is 2.40. The molecule has 2 atom stereocenters. The van der Waals surface area contributed by atoms with Gasteiger partial charge in [-0.1, -0.05) is 74.4 Å². The minimum atomic E-state index is -1.98. The summed E-state index contributed by atoms with van der Waals surface area (Å²) in [4.78, 5) is 12.7. The lowest BCUT2D eigenvalue weighted by molar-refractivity contribution is -0.122. The summed E-state index contributed by atoms with van der Waals surface area (Å²) in [7, 11) is -1.98. The van der Waals surface area contributed by atoms with Crippen molar-refractivity contribution in [2.75, 3.05) is 0 Å². The zero-order valence-electron chi connectivity index (χ0n) is 19.3. The molecule has 0 saturated carbocycles. The van der Waals surface area contributed by atoms with Gasteiger partial charge in [0.2, 0.25) is 5.91 Å². The van der Waals surface area contributed by atoms with Crippen LogP contribution in [0.2, 0.25) is 18.1 Å². The van der Waals surface area contributed by atoms with Gasteiger partial charge in [0, 0.05) is 6.42 Å². The molecule has 0 heterocycles. The molecule has 0 spiro atoms. The number of carbonyl (C=O) groups is 1. The van der Waals surface area contributed by atoms with Gasteiger partial charge in [0.1, 0.15) is 0 Å². The number of nitrogens with one attached hydrogen (secondary N) is 1. The highest BCUT2D eigenvalue weighted by Gasteiger charge is 2.40. The van der Waals surface area contributed by atoms with Gasteiger partial charge in [-0.05, 0) is 56.8 Å². The Morgan fingerprint density at radius 3 is 2.34 bits per heavy atom. The van der Waals surface area contributed by atoms with E-state index in [9.17, 15) is 4.79 Å². The Morgan fingerprint density at radius 1 is 1.14 bits per heavy atom. The Kier molecular flexibility index (Phi) is 8.07. The van der Waals surface area contributed by atoms with E-state index in [2.05, 4.69) is 77.3 Å². The van der Waals surface area contributed by atoms with Crippen molar-refractivity contribution >= 4 is 14.2 Å². The van der Waals surface area contributed by atoms with Crippen LogP contribution in [0.4, 0.5) is 0 Å². The second kappa shape index (κ2) is 9.90. The molecule has 0 bridgehead atoms. The summed E-state index contributed by atoms with van der Waals surface area (Å²) in [5, 5.41) is 3.33. The molecule has 1 aliphatic carbocycles. The van der Waals surface area contributed by atoms with Crippen LogP contribution in [0.1, 0.15) is 72.0 Å². The molecular weight excluding hydrogens is 374 g/mol. The number of benzene rings is 1. The molecule has 2 rings (SSSR count). The predicted molar refractivity (Wildman–Crippen MR) is 125 cm³/mol. The Labute approximate surface area is 178 Å². The van der Waals surface area contributed by atoms with Crippen molar-refractivity contribution in [2.24, 2.45) is 0 Å². The standard InChI is InChI=1S/C25H39NO2Si/c1-19-13-15-21(16-14-19)17-18-23(27)26-20(2)24(22-11-9-8-10-12-22)28-29(6,7)25(3,4)5/h8-13,16,20,24H,14-15,17-18H2,1-7H3,(H,26,27)/t20-,24-/m0/s1. The smallest absolute Gasteiger partial charge is 0.220 e. The molecule has 3 nitrogen and oxygen atoms in total. The summed E-state index contributed by atoms with van der Waals surface area (Å²) in [5.74, 6) is 0.101. The van der Waals surface area contributed by atoms with Gasteiger partial charge in [0.15, 0.2) is 8.32 Å². The monoisotopic (exact) mass is 413 g/mol. The van der Waals surface area contributed by atoms with Crippen LogP contribution in [0.5, 0.6) is 0 Å². The van der Waals surface area contributed by atoms with Crippen molar-refractivity contribution in [1.29, 1.82) is 0 Å². The summed E-state index contributed by atoms with van der Waals surface area (Å²) in [6.45, 7) is 15.5. The molecular formula is C25H39NO2Si. The fraction of sp³-hybridized carbons (Fsp3) is 0.560. The number of allylic oxidation sites excluding steroid dienone is 4. The first-order valence-corrected chi connectivity index (χ1v) is 13.8. The average Bonchev–Trinajstić information content (AvgIpc) is 2.65. The molecule has 1 aromatic rings. The summed E-state index contributed by atoms with van der Waals surface area (Å²) in [5.41, 5.74) is 3.91. The van der Waals surface area contributed by atoms with E-state index in [1.54, 1.807) is 0 Å². The molecule has 0 radical (unpaired) electrons. The molecule has 0 aliphatic heterocycles. The second-order valence-electron chi connectivity index (χ2n) is 9.89. The van der Waals surface area contributed by atoms with Crippen LogP contribution < -0.4 is 5.32 Å². The molecule has 0 saturated heterocycles.